The van der Waals surface area contributed by atoms with E-state index in [1.165, 1.54) is 29.5 Å². The minimum Gasteiger partial charge on any atom is -0.497 e. The van der Waals surface area contributed by atoms with Crippen LogP contribution in [0.1, 0.15) is 55.2 Å². The standard InChI is InChI=1S/C20H26O2/c1-12-10-14(22-3)11-13-4-5-15-16(19(12)13)8-9-20(2)17(15)6-7-18(20)21/h4-5,10-11,15-18,21H,6-9H2,1-3H3/t15-,16-,17-,18-,20+/m1/s1. The number of allylic oxidation sites excluding steroid dienone is 1. The van der Waals surface area contributed by atoms with Crippen molar-refractivity contribution in [2.24, 2.45) is 17.3 Å². The Hall–Kier alpha value is -1.28. The zero-order valence-corrected chi connectivity index (χ0v) is 13.8. The molecule has 3 aliphatic carbocycles. The largest absolute Gasteiger partial charge is 0.497 e. The van der Waals surface area contributed by atoms with Gasteiger partial charge in [-0.3, -0.25) is 0 Å². The SMILES string of the molecule is COc1cc(C)c2c(c1)C=C[C@H]1[C@H]3CC[C@@H](O)[C@@]3(C)CC[C@@H]21. The molecule has 0 amide bonds. The van der Waals surface area contributed by atoms with Crippen LogP contribution in [0.2, 0.25) is 0 Å². The first-order valence-corrected chi connectivity index (χ1v) is 8.59. The number of ether oxygens (including phenoxy) is 1. The number of aryl methyl sites for hydroxylation is 1. The van der Waals surface area contributed by atoms with Crippen LogP contribution >= 0.6 is 0 Å². The third-order valence-corrected chi connectivity index (χ3v) is 6.78. The second kappa shape index (κ2) is 4.86. The Balaban J connectivity index is 1.77. The van der Waals surface area contributed by atoms with Crippen molar-refractivity contribution in [3.8, 4) is 5.75 Å². The summed E-state index contributed by atoms with van der Waals surface area (Å²) in [5, 5.41) is 10.5. The van der Waals surface area contributed by atoms with Gasteiger partial charge in [0, 0.05) is 0 Å². The number of methoxy groups -OCH3 is 1. The first-order chi connectivity index (χ1) is 10.5. The van der Waals surface area contributed by atoms with Crippen molar-refractivity contribution in [1.82, 2.24) is 0 Å². The van der Waals surface area contributed by atoms with E-state index in [1.54, 1.807) is 7.11 Å². The molecular weight excluding hydrogens is 272 g/mol. The summed E-state index contributed by atoms with van der Waals surface area (Å²) >= 11 is 0. The van der Waals surface area contributed by atoms with Gasteiger partial charge in [0.1, 0.15) is 5.75 Å². The van der Waals surface area contributed by atoms with E-state index in [0.29, 0.717) is 17.8 Å². The Morgan fingerprint density at radius 2 is 2.05 bits per heavy atom. The number of benzene rings is 1. The smallest absolute Gasteiger partial charge is 0.119 e. The summed E-state index contributed by atoms with van der Waals surface area (Å²) in [6.45, 7) is 4.53. The molecule has 22 heavy (non-hydrogen) atoms. The second-order valence-electron chi connectivity index (χ2n) is 7.73. The number of fused-ring (bicyclic) bond motifs is 5. The molecule has 1 aromatic rings. The van der Waals surface area contributed by atoms with Gasteiger partial charge >= 0.3 is 0 Å². The topological polar surface area (TPSA) is 29.5 Å². The maximum Gasteiger partial charge on any atom is 0.119 e. The molecule has 0 unspecified atom stereocenters. The van der Waals surface area contributed by atoms with E-state index in [4.69, 9.17) is 4.74 Å². The lowest BCUT2D eigenvalue weighted by molar-refractivity contribution is -0.00803. The quantitative estimate of drug-likeness (QED) is 0.837. The van der Waals surface area contributed by atoms with Gasteiger partial charge in [0.25, 0.3) is 0 Å². The van der Waals surface area contributed by atoms with E-state index < -0.39 is 0 Å². The summed E-state index contributed by atoms with van der Waals surface area (Å²) in [7, 11) is 1.74. The summed E-state index contributed by atoms with van der Waals surface area (Å²) in [5.41, 5.74) is 4.34. The van der Waals surface area contributed by atoms with Crippen LogP contribution in [0.5, 0.6) is 5.75 Å². The van der Waals surface area contributed by atoms with Gasteiger partial charge < -0.3 is 9.84 Å². The van der Waals surface area contributed by atoms with E-state index >= 15 is 0 Å². The fraction of sp³-hybridized carbons (Fsp3) is 0.600. The van der Waals surface area contributed by atoms with Crippen molar-refractivity contribution in [3.63, 3.8) is 0 Å². The molecule has 2 heteroatoms. The lowest BCUT2D eigenvalue weighted by Gasteiger charge is -2.48. The molecule has 0 aromatic heterocycles. The zero-order valence-electron chi connectivity index (χ0n) is 13.8. The molecule has 0 radical (unpaired) electrons. The number of hydrogen-bond acceptors (Lipinski definition) is 2. The van der Waals surface area contributed by atoms with Crippen LogP contribution in [-0.2, 0) is 0 Å². The average Bonchev–Trinajstić information content (AvgIpc) is 2.82. The Labute approximate surface area is 133 Å². The maximum atomic E-state index is 10.5. The van der Waals surface area contributed by atoms with E-state index in [0.717, 1.165) is 18.6 Å². The summed E-state index contributed by atoms with van der Waals surface area (Å²) in [4.78, 5) is 0. The molecule has 2 fully saturated rings. The van der Waals surface area contributed by atoms with Crippen molar-refractivity contribution < 1.29 is 9.84 Å². The molecule has 3 aliphatic rings. The van der Waals surface area contributed by atoms with Crippen LogP contribution in [0.3, 0.4) is 0 Å². The zero-order chi connectivity index (χ0) is 15.5. The van der Waals surface area contributed by atoms with Crippen LogP contribution < -0.4 is 4.74 Å². The first-order valence-electron chi connectivity index (χ1n) is 8.59. The molecule has 5 atom stereocenters. The molecule has 1 N–H and O–H groups in total. The normalized spacial score (nSPS) is 39.1. The van der Waals surface area contributed by atoms with Crippen molar-refractivity contribution >= 4 is 6.08 Å². The second-order valence-corrected chi connectivity index (χ2v) is 7.73. The molecule has 0 aliphatic heterocycles. The number of hydrogen-bond donors (Lipinski definition) is 1. The summed E-state index contributed by atoms with van der Waals surface area (Å²) in [6.07, 6.45) is 9.11. The van der Waals surface area contributed by atoms with Crippen molar-refractivity contribution in [2.75, 3.05) is 7.11 Å². The van der Waals surface area contributed by atoms with Crippen molar-refractivity contribution in [1.29, 1.82) is 0 Å². The average molecular weight is 298 g/mol. The van der Waals surface area contributed by atoms with Crippen LogP contribution in [0, 0.1) is 24.2 Å². The highest BCUT2D eigenvalue weighted by Gasteiger charge is 2.53. The third kappa shape index (κ3) is 1.83. The lowest BCUT2D eigenvalue weighted by Crippen LogP contribution is -2.42. The third-order valence-electron chi connectivity index (χ3n) is 6.78. The molecular formula is C20H26O2. The minimum atomic E-state index is -0.106. The van der Waals surface area contributed by atoms with Gasteiger partial charge in [0.05, 0.1) is 13.2 Å². The Bertz CT molecular complexity index is 633. The van der Waals surface area contributed by atoms with Crippen LogP contribution in [0.25, 0.3) is 6.08 Å². The summed E-state index contributed by atoms with van der Waals surface area (Å²) in [6, 6.07) is 4.35. The molecule has 1 aromatic carbocycles. The minimum absolute atomic E-state index is 0.106. The number of rotatable bonds is 1. The van der Waals surface area contributed by atoms with E-state index in [-0.39, 0.29) is 11.5 Å². The molecule has 118 valence electrons. The van der Waals surface area contributed by atoms with Crippen molar-refractivity contribution in [2.45, 2.75) is 51.6 Å². The van der Waals surface area contributed by atoms with Gasteiger partial charge in [-0.05, 0) is 84.6 Å². The highest BCUT2D eigenvalue weighted by atomic mass is 16.5. The first kappa shape index (κ1) is 14.3. The lowest BCUT2D eigenvalue weighted by atomic mass is 9.56. The van der Waals surface area contributed by atoms with Gasteiger partial charge in [-0.15, -0.1) is 0 Å². The Kier molecular flexibility index (Phi) is 3.16. The van der Waals surface area contributed by atoms with Gasteiger partial charge in [-0.2, -0.15) is 0 Å². The Morgan fingerprint density at radius 3 is 2.82 bits per heavy atom. The molecule has 0 spiro atoms. The van der Waals surface area contributed by atoms with Crippen molar-refractivity contribution in [3.05, 3.63) is 34.9 Å². The molecule has 0 bridgehead atoms. The van der Waals surface area contributed by atoms with Gasteiger partial charge in [0.15, 0.2) is 0 Å². The monoisotopic (exact) mass is 298 g/mol. The predicted octanol–water partition coefficient (Wildman–Crippen LogP) is 4.30. The van der Waals surface area contributed by atoms with E-state index in [2.05, 4.69) is 38.1 Å². The fourth-order valence-electron chi connectivity index (χ4n) is 5.54. The number of aliphatic hydroxyl groups excluding tert-OH is 1. The van der Waals surface area contributed by atoms with Crippen LogP contribution in [0.15, 0.2) is 18.2 Å². The molecule has 0 saturated heterocycles. The van der Waals surface area contributed by atoms with Gasteiger partial charge in [-0.1, -0.05) is 19.1 Å². The maximum absolute atomic E-state index is 10.5. The van der Waals surface area contributed by atoms with Crippen LogP contribution in [0.4, 0.5) is 0 Å². The van der Waals surface area contributed by atoms with E-state index in [1.807, 2.05) is 0 Å². The summed E-state index contributed by atoms with van der Waals surface area (Å²) in [5.74, 6) is 2.80. The highest BCUT2D eigenvalue weighted by Crippen LogP contribution is 2.60. The van der Waals surface area contributed by atoms with Gasteiger partial charge in [0.2, 0.25) is 0 Å². The number of aliphatic hydroxyl groups is 1. The summed E-state index contributed by atoms with van der Waals surface area (Å²) < 4.78 is 5.43. The highest BCUT2D eigenvalue weighted by molar-refractivity contribution is 5.63. The fourth-order valence-corrected chi connectivity index (χ4v) is 5.54. The predicted molar refractivity (Wildman–Crippen MR) is 89.1 cm³/mol. The van der Waals surface area contributed by atoms with Gasteiger partial charge in [-0.25, -0.2) is 0 Å². The van der Waals surface area contributed by atoms with Crippen LogP contribution in [-0.4, -0.2) is 18.3 Å². The Morgan fingerprint density at radius 1 is 1.23 bits per heavy atom. The molecule has 2 nitrogen and oxygen atoms in total. The van der Waals surface area contributed by atoms with E-state index in [9.17, 15) is 5.11 Å². The molecule has 2 saturated carbocycles. The molecule has 4 rings (SSSR count). The molecule has 0 heterocycles.